The quantitative estimate of drug-likeness (QED) is 0.316. The highest BCUT2D eigenvalue weighted by Gasteiger charge is 2.09. The molecule has 0 unspecified atom stereocenters. The van der Waals surface area contributed by atoms with E-state index in [4.69, 9.17) is 9.47 Å². The number of carbonyl (C=O) groups is 2. The van der Waals surface area contributed by atoms with Crippen molar-refractivity contribution in [1.29, 1.82) is 0 Å². The molecule has 2 N–H and O–H groups in total. The van der Waals surface area contributed by atoms with Crippen molar-refractivity contribution >= 4 is 27.7 Å². The highest BCUT2D eigenvalue weighted by molar-refractivity contribution is 9.10. The number of amides is 2. The van der Waals surface area contributed by atoms with Crippen molar-refractivity contribution in [3.63, 3.8) is 0 Å². The highest BCUT2D eigenvalue weighted by Crippen LogP contribution is 2.26. The summed E-state index contributed by atoms with van der Waals surface area (Å²) in [7, 11) is 0. The van der Waals surface area contributed by atoms with Gasteiger partial charge in [-0.3, -0.25) is 20.4 Å². The molecule has 168 valence electrons. The van der Waals surface area contributed by atoms with Crippen molar-refractivity contribution in [3.05, 3.63) is 58.1 Å². The molecule has 2 rings (SSSR count). The van der Waals surface area contributed by atoms with E-state index in [9.17, 15) is 9.59 Å². The molecule has 6 nitrogen and oxygen atoms in total. The average molecular weight is 491 g/mol. The van der Waals surface area contributed by atoms with Crippen LogP contribution in [0.4, 0.5) is 0 Å². The van der Waals surface area contributed by atoms with Crippen LogP contribution in [0.15, 0.2) is 46.9 Å². The Hall–Kier alpha value is -2.54. The summed E-state index contributed by atoms with van der Waals surface area (Å²) in [4.78, 5) is 24.2. The summed E-state index contributed by atoms with van der Waals surface area (Å²) in [5, 5.41) is 0. The molecule has 0 heterocycles. The van der Waals surface area contributed by atoms with Crippen LogP contribution in [0.2, 0.25) is 0 Å². The van der Waals surface area contributed by atoms with Gasteiger partial charge in [-0.25, -0.2) is 0 Å². The molecule has 2 aromatic rings. The molecule has 0 saturated carbocycles. The summed E-state index contributed by atoms with van der Waals surface area (Å²) in [5.74, 6) is 0.430. The highest BCUT2D eigenvalue weighted by atomic mass is 79.9. The van der Waals surface area contributed by atoms with E-state index in [-0.39, 0.29) is 6.61 Å². The molecule has 0 aromatic heterocycles. The van der Waals surface area contributed by atoms with Crippen LogP contribution in [0.25, 0.3) is 0 Å². The van der Waals surface area contributed by atoms with E-state index < -0.39 is 11.8 Å². The third-order valence-electron chi connectivity index (χ3n) is 4.71. The molecule has 0 atom stereocenters. The fourth-order valence-electron chi connectivity index (χ4n) is 2.86. The molecule has 0 spiro atoms. The first-order valence-electron chi connectivity index (χ1n) is 10.8. The Morgan fingerprint density at radius 1 is 0.903 bits per heavy atom. The first kappa shape index (κ1) is 24.7. The summed E-state index contributed by atoms with van der Waals surface area (Å²) in [6, 6.07) is 12.5. The van der Waals surface area contributed by atoms with Gasteiger partial charge in [-0.05, 0) is 70.7 Å². The fourth-order valence-corrected chi connectivity index (χ4v) is 3.40. The average Bonchev–Trinajstić information content (AvgIpc) is 2.79. The molecule has 0 aliphatic rings. The molecule has 0 radical (unpaired) electrons. The van der Waals surface area contributed by atoms with Crippen molar-refractivity contribution < 1.29 is 19.1 Å². The Morgan fingerprint density at radius 3 is 2.32 bits per heavy atom. The van der Waals surface area contributed by atoms with Crippen LogP contribution in [0.5, 0.6) is 11.5 Å². The van der Waals surface area contributed by atoms with Crippen LogP contribution in [-0.4, -0.2) is 25.0 Å². The van der Waals surface area contributed by atoms with E-state index in [1.165, 1.54) is 31.2 Å². The number of benzene rings is 2. The van der Waals surface area contributed by atoms with Gasteiger partial charge in [0.2, 0.25) is 0 Å². The number of hydrogen-bond donors (Lipinski definition) is 2. The molecule has 0 aliphatic heterocycles. The molecule has 31 heavy (non-hydrogen) atoms. The SMILES string of the molecule is CCCCCCCOc1ccc(C(=O)NNC(=O)COc2ccc(CC)cc2Br)cc1. The number of ether oxygens (including phenoxy) is 2. The lowest BCUT2D eigenvalue weighted by molar-refractivity contribution is -0.123. The second-order valence-electron chi connectivity index (χ2n) is 7.20. The molecular weight excluding hydrogens is 460 g/mol. The summed E-state index contributed by atoms with van der Waals surface area (Å²) >= 11 is 3.43. The third kappa shape index (κ3) is 9.00. The van der Waals surface area contributed by atoms with Gasteiger partial charge in [0, 0.05) is 5.56 Å². The first-order chi connectivity index (χ1) is 15.0. The Bertz CT molecular complexity index is 840. The zero-order valence-electron chi connectivity index (χ0n) is 18.2. The fraction of sp³-hybridized carbons (Fsp3) is 0.417. The van der Waals surface area contributed by atoms with Crippen LogP contribution in [-0.2, 0) is 11.2 Å². The molecule has 7 heteroatoms. The van der Waals surface area contributed by atoms with E-state index >= 15 is 0 Å². The smallest absolute Gasteiger partial charge is 0.276 e. The number of hydrazine groups is 1. The van der Waals surface area contributed by atoms with Crippen LogP contribution >= 0.6 is 15.9 Å². The largest absolute Gasteiger partial charge is 0.494 e. The lowest BCUT2D eigenvalue weighted by Crippen LogP contribution is -2.43. The Labute approximate surface area is 192 Å². The van der Waals surface area contributed by atoms with Crippen LogP contribution in [0, 0.1) is 0 Å². The molecular formula is C24H31BrN2O4. The van der Waals surface area contributed by atoms with Crippen LogP contribution in [0.1, 0.15) is 61.9 Å². The molecule has 0 fully saturated rings. The molecule has 0 aliphatic carbocycles. The topological polar surface area (TPSA) is 76.7 Å². The molecule has 2 aromatic carbocycles. The van der Waals surface area contributed by atoms with Crippen LogP contribution in [0.3, 0.4) is 0 Å². The predicted octanol–water partition coefficient (Wildman–Crippen LogP) is 5.20. The Morgan fingerprint density at radius 2 is 1.65 bits per heavy atom. The van der Waals surface area contributed by atoms with E-state index in [1.807, 2.05) is 18.2 Å². The summed E-state index contributed by atoms with van der Waals surface area (Å²) < 4.78 is 12.0. The van der Waals surface area contributed by atoms with Crippen molar-refractivity contribution in [2.45, 2.75) is 52.4 Å². The zero-order chi connectivity index (χ0) is 22.5. The van der Waals surface area contributed by atoms with Gasteiger partial charge in [0.05, 0.1) is 11.1 Å². The number of rotatable bonds is 12. The van der Waals surface area contributed by atoms with E-state index in [1.54, 1.807) is 24.3 Å². The number of halogens is 1. The number of unbranched alkanes of at least 4 members (excludes halogenated alkanes) is 4. The van der Waals surface area contributed by atoms with Gasteiger partial charge >= 0.3 is 0 Å². The third-order valence-corrected chi connectivity index (χ3v) is 5.33. The van der Waals surface area contributed by atoms with Gasteiger partial charge in [0.15, 0.2) is 6.61 Å². The minimum absolute atomic E-state index is 0.213. The minimum atomic E-state index is -0.456. The van der Waals surface area contributed by atoms with Gasteiger partial charge < -0.3 is 9.47 Å². The molecule has 0 bridgehead atoms. The predicted molar refractivity (Wildman–Crippen MR) is 125 cm³/mol. The Kier molecular flexibility index (Phi) is 10.9. The van der Waals surface area contributed by atoms with Gasteiger partial charge in [-0.15, -0.1) is 0 Å². The van der Waals surface area contributed by atoms with Gasteiger partial charge in [0.25, 0.3) is 11.8 Å². The van der Waals surface area contributed by atoms with E-state index in [0.717, 1.165) is 23.1 Å². The minimum Gasteiger partial charge on any atom is -0.494 e. The summed E-state index contributed by atoms with van der Waals surface area (Å²) in [6.45, 7) is 4.71. The normalized spacial score (nSPS) is 10.4. The van der Waals surface area contributed by atoms with Crippen molar-refractivity contribution in [3.8, 4) is 11.5 Å². The lowest BCUT2D eigenvalue weighted by atomic mass is 10.2. The van der Waals surface area contributed by atoms with Gasteiger partial charge in [0.1, 0.15) is 11.5 Å². The first-order valence-corrected chi connectivity index (χ1v) is 11.6. The second-order valence-corrected chi connectivity index (χ2v) is 8.05. The second kappa shape index (κ2) is 13.7. The number of nitrogens with one attached hydrogen (secondary N) is 2. The maximum absolute atomic E-state index is 12.2. The zero-order valence-corrected chi connectivity index (χ0v) is 19.8. The van der Waals surface area contributed by atoms with Gasteiger partial charge in [-0.1, -0.05) is 45.6 Å². The number of aryl methyl sites for hydroxylation is 1. The maximum atomic E-state index is 12.2. The number of hydrogen-bond acceptors (Lipinski definition) is 4. The summed E-state index contributed by atoms with van der Waals surface area (Å²) in [5.41, 5.74) is 6.34. The molecule has 2 amide bonds. The van der Waals surface area contributed by atoms with E-state index in [0.29, 0.717) is 17.9 Å². The van der Waals surface area contributed by atoms with Crippen molar-refractivity contribution in [2.24, 2.45) is 0 Å². The van der Waals surface area contributed by atoms with Crippen LogP contribution < -0.4 is 20.3 Å². The lowest BCUT2D eigenvalue weighted by Gasteiger charge is -2.11. The monoisotopic (exact) mass is 490 g/mol. The van der Waals surface area contributed by atoms with Crippen molar-refractivity contribution in [2.75, 3.05) is 13.2 Å². The van der Waals surface area contributed by atoms with Gasteiger partial charge in [-0.2, -0.15) is 0 Å². The maximum Gasteiger partial charge on any atom is 0.276 e. The molecule has 0 saturated heterocycles. The standard InChI is InChI=1S/C24H31BrN2O4/c1-3-5-6-7-8-15-30-20-12-10-19(11-13-20)24(29)27-26-23(28)17-31-22-14-9-18(4-2)16-21(22)25/h9-14,16H,3-8,15,17H2,1-2H3,(H,26,28)(H,27,29). The van der Waals surface area contributed by atoms with Crippen molar-refractivity contribution in [1.82, 2.24) is 10.9 Å². The summed E-state index contributed by atoms with van der Waals surface area (Å²) in [6.07, 6.45) is 6.82. The number of carbonyl (C=O) groups excluding carboxylic acids is 2. The Balaban J connectivity index is 1.69. The van der Waals surface area contributed by atoms with E-state index in [2.05, 4.69) is 40.6 Å².